The van der Waals surface area contributed by atoms with Gasteiger partial charge in [-0.25, -0.2) is 4.98 Å². The topological polar surface area (TPSA) is 48.5 Å². The average Bonchev–Trinajstić information content (AvgIpc) is 3.17. The van der Waals surface area contributed by atoms with Crippen LogP contribution in [0.15, 0.2) is 60.7 Å². The molecule has 5 nitrogen and oxygen atoms in total. The number of hydrogen-bond donors (Lipinski definition) is 1. The highest BCUT2D eigenvalue weighted by Gasteiger charge is 2.16. The molecular formula is C23H26N4OS. The first-order chi connectivity index (χ1) is 14.3. The summed E-state index contributed by atoms with van der Waals surface area (Å²) in [6.07, 6.45) is 3.37. The van der Waals surface area contributed by atoms with Gasteiger partial charge in [-0.15, -0.1) is 11.3 Å². The van der Waals surface area contributed by atoms with Gasteiger partial charge in [0.2, 0.25) is 5.91 Å². The van der Waals surface area contributed by atoms with Crippen molar-refractivity contribution in [1.82, 2.24) is 20.1 Å². The van der Waals surface area contributed by atoms with E-state index in [1.165, 1.54) is 5.56 Å². The first-order valence-electron chi connectivity index (χ1n) is 10.1. The van der Waals surface area contributed by atoms with E-state index >= 15 is 0 Å². The van der Waals surface area contributed by atoms with Crippen molar-refractivity contribution in [3.05, 3.63) is 71.2 Å². The van der Waals surface area contributed by atoms with Crippen LogP contribution in [-0.2, 0) is 11.3 Å². The first-order valence-corrected chi connectivity index (χ1v) is 10.9. The summed E-state index contributed by atoms with van der Waals surface area (Å²) in [6, 6.07) is 18.6. The predicted octanol–water partition coefficient (Wildman–Crippen LogP) is 3.24. The highest BCUT2D eigenvalue weighted by Crippen LogP contribution is 2.22. The van der Waals surface area contributed by atoms with Crippen molar-refractivity contribution in [3.8, 4) is 0 Å². The van der Waals surface area contributed by atoms with Crippen molar-refractivity contribution in [3.63, 3.8) is 0 Å². The number of fused-ring (bicyclic) bond motifs is 1. The number of thiazole rings is 1. The molecule has 0 unspecified atom stereocenters. The Bertz CT molecular complexity index is 928. The molecule has 2 aromatic carbocycles. The van der Waals surface area contributed by atoms with E-state index in [0.29, 0.717) is 6.54 Å². The molecule has 0 spiro atoms. The molecule has 150 valence electrons. The average molecular weight is 407 g/mol. The van der Waals surface area contributed by atoms with Crippen molar-refractivity contribution < 1.29 is 4.79 Å². The quantitative estimate of drug-likeness (QED) is 0.612. The largest absolute Gasteiger partial charge is 0.351 e. The summed E-state index contributed by atoms with van der Waals surface area (Å²) < 4.78 is 1.14. The maximum atomic E-state index is 12.1. The van der Waals surface area contributed by atoms with Gasteiger partial charge in [0.1, 0.15) is 5.01 Å². The standard InChI is InChI=1S/C23H26N4OS/c28-22(10-11-23-25-20-8-4-5-9-21(20)29-23)24-12-13-26-14-16-27(17-15-26)18-19-6-2-1-3-7-19/h1-11H,12-18H2,(H,24,28)/b11-10+. The maximum absolute atomic E-state index is 12.1. The summed E-state index contributed by atoms with van der Waals surface area (Å²) in [6.45, 7) is 6.80. The molecule has 4 rings (SSSR count). The smallest absolute Gasteiger partial charge is 0.244 e. The normalized spacial score (nSPS) is 15.9. The number of para-hydroxylation sites is 1. The van der Waals surface area contributed by atoms with Crippen LogP contribution in [0.5, 0.6) is 0 Å². The summed E-state index contributed by atoms with van der Waals surface area (Å²) in [7, 11) is 0. The van der Waals surface area contributed by atoms with Crippen molar-refractivity contribution in [2.24, 2.45) is 0 Å². The van der Waals surface area contributed by atoms with Gasteiger partial charge in [0.15, 0.2) is 0 Å². The number of nitrogens with one attached hydrogen (secondary N) is 1. The lowest BCUT2D eigenvalue weighted by atomic mass is 10.2. The van der Waals surface area contributed by atoms with E-state index in [4.69, 9.17) is 0 Å². The van der Waals surface area contributed by atoms with Crippen LogP contribution in [-0.4, -0.2) is 60.0 Å². The number of rotatable bonds is 7. The van der Waals surface area contributed by atoms with E-state index in [2.05, 4.69) is 50.4 Å². The summed E-state index contributed by atoms with van der Waals surface area (Å²) >= 11 is 1.60. The van der Waals surface area contributed by atoms with Crippen LogP contribution in [0, 0.1) is 0 Å². The minimum atomic E-state index is -0.0630. The van der Waals surface area contributed by atoms with Gasteiger partial charge in [0.05, 0.1) is 10.2 Å². The van der Waals surface area contributed by atoms with Gasteiger partial charge in [-0.05, 0) is 23.8 Å². The zero-order valence-electron chi connectivity index (χ0n) is 16.5. The van der Waals surface area contributed by atoms with Gasteiger partial charge in [0, 0.05) is 51.9 Å². The molecule has 1 fully saturated rings. The van der Waals surface area contributed by atoms with Gasteiger partial charge in [-0.2, -0.15) is 0 Å². The third kappa shape index (κ3) is 5.73. The van der Waals surface area contributed by atoms with Crippen molar-refractivity contribution >= 4 is 33.5 Å². The van der Waals surface area contributed by atoms with Crippen molar-refractivity contribution in [1.29, 1.82) is 0 Å². The second-order valence-corrected chi connectivity index (χ2v) is 8.31. The third-order valence-corrected chi connectivity index (χ3v) is 6.13. The van der Waals surface area contributed by atoms with E-state index in [-0.39, 0.29) is 5.91 Å². The van der Waals surface area contributed by atoms with E-state index in [1.54, 1.807) is 23.5 Å². The Kier molecular flexibility index (Phi) is 6.67. The van der Waals surface area contributed by atoms with Gasteiger partial charge in [-0.3, -0.25) is 14.6 Å². The number of carbonyl (C=O) groups is 1. The molecule has 1 aliphatic heterocycles. The first kappa shape index (κ1) is 19.8. The Morgan fingerprint density at radius 2 is 1.72 bits per heavy atom. The van der Waals surface area contributed by atoms with E-state index in [0.717, 1.165) is 54.5 Å². The molecule has 0 aliphatic carbocycles. The molecule has 0 atom stereocenters. The molecule has 1 saturated heterocycles. The summed E-state index contributed by atoms with van der Waals surface area (Å²) in [4.78, 5) is 21.5. The van der Waals surface area contributed by atoms with Gasteiger partial charge < -0.3 is 5.32 Å². The molecule has 0 radical (unpaired) electrons. The van der Waals surface area contributed by atoms with E-state index in [9.17, 15) is 4.79 Å². The lowest BCUT2D eigenvalue weighted by Crippen LogP contribution is -2.47. The van der Waals surface area contributed by atoms with Gasteiger partial charge in [0.25, 0.3) is 0 Å². The molecule has 1 aliphatic rings. The van der Waals surface area contributed by atoms with Crippen molar-refractivity contribution in [2.75, 3.05) is 39.3 Å². The summed E-state index contributed by atoms with van der Waals surface area (Å²) in [5.41, 5.74) is 2.34. The lowest BCUT2D eigenvalue weighted by Gasteiger charge is -2.34. The third-order valence-electron chi connectivity index (χ3n) is 5.13. The molecule has 29 heavy (non-hydrogen) atoms. The van der Waals surface area contributed by atoms with Crippen LogP contribution < -0.4 is 5.32 Å². The zero-order valence-corrected chi connectivity index (χ0v) is 17.3. The maximum Gasteiger partial charge on any atom is 0.244 e. The minimum Gasteiger partial charge on any atom is -0.351 e. The molecule has 0 saturated carbocycles. The Balaban J connectivity index is 1.15. The number of aromatic nitrogens is 1. The van der Waals surface area contributed by atoms with E-state index in [1.807, 2.05) is 24.3 Å². The Hall–Kier alpha value is -2.54. The second-order valence-electron chi connectivity index (χ2n) is 7.25. The van der Waals surface area contributed by atoms with Crippen LogP contribution in [0.2, 0.25) is 0 Å². The molecule has 6 heteroatoms. The highest BCUT2D eigenvalue weighted by molar-refractivity contribution is 7.19. The highest BCUT2D eigenvalue weighted by atomic mass is 32.1. The fourth-order valence-corrected chi connectivity index (χ4v) is 4.39. The van der Waals surface area contributed by atoms with Gasteiger partial charge in [-0.1, -0.05) is 42.5 Å². The molecule has 1 N–H and O–H groups in total. The number of nitrogens with zero attached hydrogens (tertiary/aromatic N) is 3. The molecule has 1 aromatic heterocycles. The SMILES string of the molecule is O=C(/C=C/c1nc2ccccc2s1)NCCN1CCN(Cc2ccccc2)CC1. The lowest BCUT2D eigenvalue weighted by molar-refractivity contribution is -0.116. The minimum absolute atomic E-state index is 0.0630. The number of hydrogen-bond acceptors (Lipinski definition) is 5. The Morgan fingerprint density at radius 1 is 1.00 bits per heavy atom. The van der Waals surface area contributed by atoms with E-state index < -0.39 is 0 Å². The van der Waals surface area contributed by atoms with Crippen LogP contribution >= 0.6 is 11.3 Å². The van der Waals surface area contributed by atoms with Crippen LogP contribution in [0.1, 0.15) is 10.6 Å². The summed E-state index contributed by atoms with van der Waals surface area (Å²) in [5, 5.41) is 3.84. The number of carbonyl (C=O) groups excluding carboxylic acids is 1. The van der Waals surface area contributed by atoms with Crippen LogP contribution in [0.3, 0.4) is 0 Å². The predicted molar refractivity (Wildman–Crippen MR) is 120 cm³/mol. The molecule has 2 heterocycles. The van der Waals surface area contributed by atoms with Crippen LogP contribution in [0.4, 0.5) is 0 Å². The van der Waals surface area contributed by atoms with Crippen molar-refractivity contribution in [2.45, 2.75) is 6.54 Å². The fraction of sp³-hybridized carbons (Fsp3) is 0.304. The Morgan fingerprint density at radius 3 is 2.52 bits per heavy atom. The monoisotopic (exact) mass is 406 g/mol. The Labute approximate surface area is 175 Å². The zero-order chi connectivity index (χ0) is 19.9. The molecular weight excluding hydrogens is 380 g/mol. The number of amides is 1. The second kappa shape index (κ2) is 9.78. The van der Waals surface area contributed by atoms with Crippen LogP contribution in [0.25, 0.3) is 16.3 Å². The van der Waals surface area contributed by atoms with Gasteiger partial charge >= 0.3 is 0 Å². The summed E-state index contributed by atoms with van der Waals surface area (Å²) in [5.74, 6) is -0.0630. The molecule has 1 amide bonds. The molecule has 0 bridgehead atoms. The fourth-order valence-electron chi connectivity index (χ4n) is 3.52. The number of benzene rings is 2. The number of piperazine rings is 1. The molecule has 3 aromatic rings.